The van der Waals surface area contributed by atoms with Crippen molar-refractivity contribution in [1.29, 1.82) is 0 Å². The summed E-state index contributed by atoms with van der Waals surface area (Å²) in [5, 5.41) is 0. The predicted octanol–water partition coefficient (Wildman–Crippen LogP) is 3.06. The van der Waals surface area contributed by atoms with Crippen LogP contribution < -0.4 is 4.80 Å². The number of hydrogen-bond donors (Lipinski definition) is 0. The lowest BCUT2D eigenvalue weighted by Crippen LogP contribution is -2.40. The molecule has 1 aliphatic heterocycles. The van der Waals surface area contributed by atoms with E-state index in [1.165, 1.54) is 23.5 Å². The van der Waals surface area contributed by atoms with Crippen molar-refractivity contribution in [2.75, 3.05) is 6.54 Å². The number of carbonyl (C=O) groups excluding carboxylic acids is 1. The van der Waals surface area contributed by atoms with Crippen LogP contribution in [0.5, 0.6) is 0 Å². The Hall–Kier alpha value is -2.80. The normalized spacial score (nSPS) is 17.8. The third-order valence-corrected chi connectivity index (χ3v) is 8.17. The Morgan fingerprint density at radius 1 is 1.29 bits per heavy atom. The molecule has 1 fully saturated rings. The van der Waals surface area contributed by atoms with E-state index in [1.807, 2.05) is 25.1 Å². The fourth-order valence-electron chi connectivity index (χ4n) is 3.70. The lowest BCUT2D eigenvalue weighted by atomic mass is 10.2. The predicted molar refractivity (Wildman–Crippen MR) is 117 cm³/mol. The molecule has 1 unspecified atom stereocenters. The Balaban J connectivity index is 1.72. The lowest BCUT2D eigenvalue weighted by Gasteiger charge is -2.21. The van der Waals surface area contributed by atoms with Gasteiger partial charge >= 0.3 is 0 Å². The molecule has 0 spiro atoms. The van der Waals surface area contributed by atoms with Gasteiger partial charge in [-0.1, -0.05) is 23.3 Å². The molecule has 0 radical (unpaired) electrons. The Morgan fingerprint density at radius 2 is 2.03 bits per heavy atom. The Bertz CT molecular complexity index is 1370. The van der Waals surface area contributed by atoms with Crippen LogP contribution >= 0.6 is 11.3 Å². The summed E-state index contributed by atoms with van der Waals surface area (Å²) in [5.41, 5.74) is 1.95. The Kier molecular flexibility index (Phi) is 5.79. The highest BCUT2D eigenvalue weighted by atomic mass is 32.2. The molecule has 6 nitrogen and oxygen atoms in total. The minimum Gasteiger partial charge on any atom is -0.305 e. The lowest BCUT2D eigenvalue weighted by molar-refractivity contribution is -0.121. The summed E-state index contributed by atoms with van der Waals surface area (Å²) in [6.07, 6.45) is 6.43. The zero-order valence-corrected chi connectivity index (χ0v) is 18.4. The van der Waals surface area contributed by atoms with Gasteiger partial charge in [0, 0.05) is 6.54 Å². The highest BCUT2D eigenvalue weighted by Gasteiger charge is 2.39. The standard InChI is InChI=1S/C22H20FN3O3S2/c1-3-12-25-18-11-6-15(2)14-20(18)30-22(25)24-21(27)19-5-4-13-26(19)31(28,29)17-9-7-16(23)8-10-17/h1,6-11,14,19H,4-5,12-13H2,2H3. The SMILES string of the molecule is C#CCn1c(=NC(=O)C2CCCN2S(=O)(=O)c2ccc(F)cc2)sc2cc(C)ccc21. The molecule has 2 heterocycles. The van der Waals surface area contributed by atoms with E-state index >= 15 is 0 Å². The van der Waals surface area contributed by atoms with Crippen molar-refractivity contribution in [3.63, 3.8) is 0 Å². The maximum atomic E-state index is 13.2. The minimum atomic E-state index is -3.94. The van der Waals surface area contributed by atoms with Crippen LogP contribution in [-0.2, 0) is 21.4 Å². The number of fused-ring (bicyclic) bond motifs is 1. The molecule has 1 saturated heterocycles. The monoisotopic (exact) mass is 457 g/mol. The van der Waals surface area contributed by atoms with Gasteiger partial charge in [-0.3, -0.25) is 4.79 Å². The van der Waals surface area contributed by atoms with Gasteiger partial charge in [-0.2, -0.15) is 9.30 Å². The van der Waals surface area contributed by atoms with E-state index in [1.54, 1.807) is 4.57 Å². The maximum Gasteiger partial charge on any atom is 0.266 e. The van der Waals surface area contributed by atoms with E-state index in [0.29, 0.717) is 17.6 Å². The van der Waals surface area contributed by atoms with Crippen molar-refractivity contribution in [1.82, 2.24) is 8.87 Å². The highest BCUT2D eigenvalue weighted by Crippen LogP contribution is 2.27. The summed E-state index contributed by atoms with van der Waals surface area (Å²) in [5.74, 6) is 1.52. The van der Waals surface area contributed by atoms with Gasteiger partial charge in [0.05, 0.1) is 21.7 Å². The molecule has 0 aliphatic carbocycles. The van der Waals surface area contributed by atoms with E-state index in [2.05, 4.69) is 10.9 Å². The third-order valence-electron chi connectivity index (χ3n) is 5.20. The van der Waals surface area contributed by atoms with Crippen molar-refractivity contribution in [3.05, 3.63) is 58.6 Å². The van der Waals surface area contributed by atoms with Crippen molar-refractivity contribution in [2.24, 2.45) is 4.99 Å². The second kappa shape index (κ2) is 8.38. The molecule has 4 rings (SSSR count). The van der Waals surface area contributed by atoms with E-state index in [4.69, 9.17) is 6.42 Å². The first-order valence-electron chi connectivity index (χ1n) is 9.71. The third kappa shape index (κ3) is 4.06. The fraction of sp³-hybridized carbons (Fsp3) is 0.273. The number of sulfonamides is 1. The quantitative estimate of drug-likeness (QED) is 0.566. The molecule has 1 aliphatic rings. The molecule has 0 saturated carbocycles. The van der Waals surface area contributed by atoms with Crippen LogP contribution in [0.1, 0.15) is 18.4 Å². The number of halogens is 1. The number of terminal acetylenes is 1. The van der Waals surface area contributed by atoms with Gasteiger partial charge in [0.25, 0.3) is 5.91 Å². The molecule has 31 heavy (non-hydrogen) atoms. The van der Waals surface area contributed by atoms with Crippen LogP contribution in [0.15, 0.2) is 52.4 Å². The molecular weight excluding hydrogens is 437 g/mol. The number of carbonyl (C=O) groups is 1. The van der Waals surface area contributed by atoms with Gasteiger partial charge in [-0.05, 0) is 61.7 Å². The highest BCUT2D eigenvalue weighted by molar-refractivity contribution is 7.89. The fourth-order valence-corrected chi connectivity index (χ4v) is 6.48. The number of amides is 1. The van der Waals surface area contributed by atoms with Crippen LogP contribution in [0.3, 0.4) is 0 Å². The smallest absolute Gasteiger partial charge is 0.266 e. The van der Waals surface area contributed by atoms with Crippen LogP contribution in [-0.4, -0.2) is 35.8 Å². The summed E-state index contributed by atoms with van der Waals surface area (Å²) in [7, 11) is -3.94. The van der Waals surface area contributed by atoms with Crippen LogP contribution in [0.4, 0.5) is 4.39 Å². The number of nitrogens with zero attached hydrogens (tertiary/aromatic N) is 3. The van der Waals surface area contributed by atoms with Gasteiger partial charge in [0.1, 0.15) is 11.9 Å². The molecule has 1 atom stereocenters. The average Bonchev–Trinajstić information content (AvgIpc) is 3.34. The van der Waals surface area contributed by atoms with Crippen LogP contribution in [0, 0.1) is 25.1 Å². The van der Waals surface area contributed by atoms with Gasteiger partial charge in [-0.15, -0.1) is 6.42 Å². The zero-order valence-electron chi connectivity index (χ0n) is 16.8. The van der Waals surface area contributed by atoms with E-state index in [9.17, 15) is 17.6 Å². The number of aryl methyl sites for hydroxylation is 1. The van der Waals surface area contributed by atoms with Gasteiger partial charge in [0.15, 0.2) is 4.80 Å². The number of benzene rings is 2. The summed E-state index contributed by atoms with van der Waals surface area (Å²) < 4.78 is 43.2. The van der Waals surface area contributed by atoms with Crippen molar-refractivity contribution in [3.8, 4) is 12.3 Å². The largest absolute Gasteiger partial charge is 0.305 e. The molecule has 0 N–H and O–H groups in total. The first-order chi connectivity index (χ1) is 14.8. The summed E-state index contributed by atoms with van der Waals surface area (Å²) in [6.45, 7) is 2.43. The maximum absolute atomic E-state index is 13.2. The summed E-state index contributed by atoms with van der Waals surface area (Å²) in [6, 6.07) is 9.58. The molecule has 2 aromatic carbocycles. The van der Waals surface area contributed by atoms with Crippen molar-refractivity contribution < 1.29 is 17.6 Å². The topological polar surface area (TPSA) is 71.7 Å². The first-order valence-corrected chi connectivity index (χ1v) is 12.0. The van der Waals surface area contributed by atoms with Crippen molar-refractivity contribution >= 4 is 37.5 Å². The second-order valence-electron chi connectivity index (χ2n) is 7.32. The molecule has 160 valence electrons. The molecule has 1 aromatic heterocycles. The number of hydrogen-bond acceptors (Lipinski definition) is 4. The van der Waals surface area contributed by atoms with E-state index in [0.717, 1.165) is 32.2 Å². The second-order valence-corrected chi connectivity index (χ2v) is 10.2. The first kappa shape index (κ1) is 21.4. The molecular formula is C22H20FN3O3S2. The summed E-state index contributed by atoms with van der Waals surface area (Å²) in [4.78, 5) is 17.7. The molecule has 3 aromatic rings. The van der Waals surface area contributed by atoms with E-state index in [-0.39, 0.29) is 18.0 Å². The van der Waals surface area contributed by atoms with Gasteiger partial charge in [-0.25, -0.2) is 12.8 Å². The Labute approximate surface area is 183 Å². The van der Waals surface area contributed by atoms with Gasteiger partial charge < -0.3 is 4.57 Å². The van der Waals surface area contributed by atoms with Gasteiger partial charge in [0.2, 0.25) is 10.0 Å². The van der Waals surface area contributed by atoms with Crippen LogP contribution in [0.25, 0.3) is 10.2 Å². The Morgan fingerprint density at radius 3 is 2.74 bits per heavy atom. The summed E-state index contributed by atoms with van der Waals surface area (Å²) >= 11 is 1.34. The zero-order chi connectivity index (χ0) is 22.2. The van der Waals surface area contributed by atoms with E-state index < -0.39 is 27.8 Å². The van der Waals surface area contributed by atoms with Crippen molar-refractivity contribution in [2.45, 2.75) is 37.2 Å². The number of rotatable bonds is 4. The molecule has 1 amide bonds. The van der Waals surface area contributed by atoms with Crippen LogP contribution in [0.2, 0.25) is 0 Å². The number of thiazole rings is 1. The number of aromatic nitrogens is 1. The molecule has 9 heteroatoms. The average molecular weight is 458 g/mol. The minimum absolute atomic E-state index is 0.0478. The molecule has 0 bridgehead atoms.